The minimum Gasteiger partial charge on any atom is -0.359 e. The average molecular weight is 276 g/mol. The van der Waals surface area contributed by atoms with Crippen LogP contribution in [0.5, 0.6) is 0 Å². The van der Waals surface area contributed by atoms with Crippen LogP contribution in [0.1, 0.15) is 48.9 Å². The lowest BCUT2D eigenvalue weighted by atomic mass is 9.99. The Morgan fingerprint density at radius 1 is 1.45 bits per heavy atom. The molecule has 0 aliphatic carbocycles. The summed E-state index contributed by atoms with van der Waals surface area (Å²) in [5.74, 6) is 0.853. The Morgan fingerprint density at radius 3 is 2.95 bits per heavy atom. The smallest absolute Gasteiger partial charge is 0.220 e. The zero-order valence-corrected chi connectivity index (χ0v) is 12.6. The van der Waals surface area contributed by atoms with E-state index in [2.05, 4.69) is 33.3 Å². The zero-order valence-electron chi connectivity index (χ0n) is 12.6. The minimum absolute atomic E-state index is 0.0533. The van der Waals surface area contributed by atoms with Gasteiger partial charge in [0, 0.05) is 19.2 Å². The molecule has 1 amide bonds. The highest BCUT2D eigenvalue weighted by atomic mass is 16.1. The lowest BCUT2D eigenvalue weighted by molar-refractivity contribution is -0.120. The van der Waals surface area contributed by atoms with E-state index >= 15 is 0 Å². The molecule has 110 valence electrons. The molecule has 1 aliphatic rings. The van der Waals surface area contributed by atoms with Crippen molar-refractivity contribution in [1.82, 2.24) is 20.2 Å². The predicted octanol–water partition coefficient (Wildman–Crippen LogP) is 1.62. The molecule has 0 bridgehead atoms. The van der Waals surface area contributed by atoms with Gasteiger partial charge in [0.05, 0.1) is 11.7 Å². The highest BCUT2D eigenvalue weighted by Gasteiger charge is 2.22. The first-order chi connectivity index (χ1) is 9.60. The normalized spacial score (nSPS) is 19.9. The van der Waals surface area contributed by atoms with Crippen LogP contribution < -0.4 is 5.32 Å². The summed E-state index contributed by atoms with van der Waals surface area (Å²) in [5.41, 5.74) is 2.07. The van der Waals surface area contributed by atoms with Crippen LogP contribution in [0.4, 0.5) is 0 Å². The molecule has 1 N–H and O–H groups in total. The Kier molecular flexibility index (Phi) is 5.06. The van der Waals surface area contributed by atoms with Gasteiger partial charge in [-0.2, -0.15) is 0 Å². The Bertz CT molecular complexity index is 475. The van der Waals surface area contributed by atoms with Crippen molar-refractivity contribution in [2.24, 2.45) is 0 Å². The number of hydrogen-bond acceptors (Lipinski definition) is 4. The van der Waals surface area contributed by atoms with Crippen molar-refractivity contribution in [1.29, 1.82) is 0 Å². The van der Waals surface area contributed by atoms with Crippen LogP contribution in [0.25, 0.3) is 0 Å². The second kappa shape index (κ2) is 6.79. The summed E-state index contributed by atoms with van der Waals surface area (Å²) in [6.07, 6.45) is 4.83. The minimum atomic E-state index is 0.0533. The molecular formula is C15H24N4O. The van der Waals surface area contributed by atoms with Gasteiger partial charge in [0.1, 0.15) is 5.82 Å². The lowest BCUT2D eigenvalue weighted by Gasteiger charge is -2.32. The Labute approximate surface area is 120 Å². The number of aromatic nitrogens is 2. The van der Waals surface area contributed by atoms with Crippen LogP contribution in [-0.2, 0) is 11.2 Å². The second-order valence-corrected chi connectivity index (χ2v) is 5.50. The maximum atomic E-state index is 11.3. The van der Waals surface area contributed by atoms with Crippen molar-refractivity contribution in [2.45, 2.75) is 45.1 Å². The molecule has 1 fully saturated rings. The van der Waals surface area contributed by atoms with Gasteiger partial charge in [0.2, 0.25) is 5.91 Å². The number of aryl methyl sites for hydroxylation is 2. The molecule has 1 atom stereocenters. The first kappa shape index (κ1) is 14.9. The SMILES string of the molecule is CNC(=O)CCc1cc([C@H]2CCCCN2C)nc(C)n1. The molecule has 1 saturated heterocycles. The van der Waals surface area contributed by atoms with E-state index in [1.807, 2.05) is 6.92 Å². The van der Waals surface area contributed by atoms with Gasteiger partial charge in [-0.1, -0.05) is 6.42 Å². The largest absolute Gasteiger partial charge is 0.359 e. The Balaban J connectivity index is 2.13. The van der Waals surface area contributed by atoms with Crippen molar-refractivity contribution in [3.63, 3.8) is 0 Å². The molecule has 5 heteroatoms. The lowest BCUT2D eigenvalue weighted by Crippen LogP contribution is -2.30. The second-order valence-electron chi connectivity index (χ2n) is 5.50. The summed E-state index contributed by atoms with van der Waals surface area (Å²) >= 11 is 0. The summed E-state index contributed by atoms with van der Waals surface area (Å²) in [7, 11) is 3.82. The topological polar surface area (TPSA) is 58.1 Å². The van der Waals surface area contributed by atoms with Crippen molar-refractivity contribution in [2.75, 3.05) is 20.6 Å². The van der Waals surface area contributed by atoms with Gasteiger partial charge in [-0.3, -0.25) is 9.69 Å². The van der Waals surface area contributed by atoms with Crippen molar-refractivity contribution < 1.29 is 4.79 Å². The van der Waals surface area contributed by atoms with E-state index in [0.29, 0.717) is 18.9 Å². The molecule has 0 spiro atoms. The van der Waals surface area contributed by atoms with E-state index in [0.717, 1.165) is 30.2 Å². The molecule has 2 heterocycles. The van der Waals surface area contributed by atoms with Crippen molar-refractivity contribution in [3.05, 3.63) is 23.3 Å². The third-order valence-electron chi connectivity index (χ3n) is 3.91. The third kappa shape index (κ3) is 3.76. The molecule has 0 radical (unpaired) electrons. The maximum absolute atomic E-state index is 11.3. The highest BCUT2D eigenvalue weighted by Crippen LogP contribution is 2.28. The quantitative estimate of drug-likeness (QED) is 0.908. The van der Waals surface area contributed by atoms with E-state index in [1.54, 1.807) is 7.05 Å². The predicted molar refractivity (Wildman–Crippen MR) is 78.4 cm³/mol. The van der Waals surface area contributed by atoms with Gasteiger partial charge in [-0.25, -0.2) is 9.97 Å². The van der Waals surface area contributed by atoms with E-state index in [1.165, 1.54) is 12.8 Å². The van der Waals surface area contributed by atoms with Gasteiger partial charge in [0.25, 0.3) is 0 Å². The Hall–Kier alpha value is -1.49. The van der Waals surface area contributed by atoms with E-state index in [-0.39, 0.29) is 5.91 Å². The number of piperidine rings is 1. The van der Waals surface area contributed by atoms with Gasteiger partial charge in [-0.05, 0) is 45.8 Å². The van der Waals surface area contributed by atoms with Gasteiger partial charge in [0.15, 0.2) is 0 Å². The van der Waals surface area contributed by atoms with Crippen LogP contribution in [0.15, 0.2) is 6.07 Å². The number of carbonyl (C=O) groups excluding carboxylic acids is 1. The van der Waals surface area contributed by atoms with E-state index in [9.17, 15) is 4.79 Å². The summed E-state index contributed by atoms with van der Waals surface area (Å²) in [6, 6.07) is 2.46. The molecule has 20 heavy (non-hydrogen) atoms. The van der Waals surface area contributed by atoms with Gasteiger partial charge in [-0.15, -0.1) is 0 Å². The van der Waals surface area contributed by atoms with Gasteiger partial charge >= 0.3 is 0 Å². The molecule has 0 saturated carbocycles. The number of nitrogens with one attached hydrogen (secondary N) is 1. The summed E-state index contributed by atoms with van der Waals surface area (Å²) in [6.45, 7) is 3.05. The fraction of sp³-hybridized carbons (Fsp3) is 0.667. The number of carbonyl (C=O) groups is 1. The highest BCUT2D eigenvalue weighted by molar-refractivity contribution is 5.75. The fourth-order valence-corrected chi connectivity index (χ4v) is 2.77. The van der Waals surface area contributed by atoms with E-state index < -0.39 is 0 Å². The molecule has 2 rings (SSSR count). The molecule has 1 aliphatic heterocycles. The molecule has 5 nitrogen and oxygen atoms in total. The number of amides is 1. The summed E-state index contributed by atoms with van der Waals surface area (Å²) in [4.78, 5) is 22.8. The van der Waals surface area contributed by atoms with Crippen molar-refractivity contribution in [3.8, 4) is 0 Å². The molecule has 0 unspecified atom stereocenters. The number of likely N-dealkylation sites (tertiary alicyclic amines) is 1. The summed E-state index contributed by atoms with van der Waals surface area (Å²) in [5, 5.41) is 2.64. The van der Waals surface area contributed by atoms with Gasteiger partial charge < -0.3 is 5.32 Å². The van der Waals surface area contributed by atoms with Crippen LogP contribution >= 0.6 is 0 Å². The first-order valence-corrected chi connectivity index (χ1v) is 7.35. The molecule has 0 aromatic carbocycles. The molecule has 1 aromatic rings. The van der Waals surface area contributed by atoms with Crippen LogP contribution in [0, 0.1) is 6.92 Å². The van der Waals surface area contributed by atoms with Crippen LogP contribution in [-0.4, -0.2) is 41.4 Å². The molecular weight excluding hydrogens is 252 g/mol. The maximum Gasteiger partial charge on any atom is 0.220 e. The monoisotopic (exact) mass is 276 g/mol. The first-order valence-electron chi connectivity index (χ1n) is 7.35. The summed E-state index contributed by atoms with van der Waals surface area (Å²) < 4.78 is 0. The van der Waals surface area contributed by atoms with Crippen molar-refractivity contribution >= 4 is 5.91 Å². The van der Waals surface area contributed by atoms with Crippen LogP contribution in [0.2, 0.25) is 0 Å². The average Bonchev–Trinajstić information content (AvgIpc) is 2.44. The Morgan fingerprint density at radius 2 is 2.25 bits per heavy atom. The number of nitrogens with zero attached hydrogens (tertiary/aromatic N) is 3. The van der Waals surface area contributed by atoms with Crippen LogP contribution in [0.3, 0.4) is 0 Å². The number of rotatable bonds is 4. The number of hydrogen-bond donors (Lipinski definition) is 1. The third-order valence-corrected chi connectivity index (χ3v) is 3.91. The van der Waals surface area contributed by atoms with E-state index in [4.69, 9.17) is 0 Å². The fourth-order valence-electron chi connectivity index (χ4n) is 2.77. The molecule has 1 aromatic heterocycles. The zero-order chi connectivity index (χ0) is 14.5. The standard InChI is InChI=1S/C15H24N4O/c1-11-17-12(7-8-15(20)16-2)10-13(18-11)14-6-4-5-9-19(14)3/h10,14H,4-9H2,1-3H3,(H,16,20)/t14-/m1/s1.